The van der Waals surface area contributed by atoms with Gasteiger partial charge in [-0.15, -0.1) is 0 Å². The van der Waals surface area contributed by atoms with Crippen molar-refractivity contribution in [2.75, 3.05) is 33.0 Å². The number of hydrogen-bond acceptors (Lipinski definition) is 4. The summed E-state index contributed by atoms with van der Waals surface area (Å²) in [5.74, 6) is -0.00212. The number of carbonyl (C=O) groups is 1. The molecule has 0 aromatic rings. The van der Waals surface area contributed by atoms with E-state index in [2.05, 4.69) is 10.6 Å². The SMILES string of the molecule is O=C(COCC1CCCCN1)NC1CCOCC1. The van der Waals surface area contributed by atoms with Gasteiger partial charge in [0, 0.05) is 25.3 Å². The van der Waals surface area contributed by atoms with Gasteiger partial charge in [-0.2, -0.15) is 0 Å². The van der Waals surface area contributed by atoms with Gasteiger partial charge >= 0.3 is 0 Å². The van der Waals surface area contributed by atoms with E-state index < -0.39 is 0 Å². The first-order valence-electron chi connectivity index (χ1n) is 7.03. The van der Waals surface area contributed by atoms with Gasteiger partial charge in [-0.1, -0.05) is 6.42 Å². The highest BCUT2D eigenvalue weighted by Crippen LogP contribution is 2.07. The molecule has 2 N–H and O–H groups in total. The van der Waals surface area contributed by atoms with Gasteiger partial charge in [0.15, 0.2) is 0 Å². The predicted molar refractivity (Wildman–Crippen MR) is 68.4 cm³/mol. The predicted octanol–water partition coefficient (Wildman–Crippen LogP) is 0.440. The van der Waals surface area contributed by atoms with Crippen molar-refractivity contribution in [2.24, 2.45) is 0 Å². The van der Waals surface area contributed by atoms with E-state index in [0.717, 1.165) is 39.0 Å². The van der Waals surface area contributed by atoms with Crippen molar-refractivity contribution in [3.63, 3.8) is 0 Å². The van der Waals surface area contributed by atoms with Gasteiger partial charge in [0.2, 0.25) is 5.91 Å². The standard InChI is InChI=1S/C13H24N2O3/c16-13(15-11-4-7-17-8-5-11)10-18-9-12-3-1-2-6-14-12/h11-12,14H,1-10H2,(H,15,16). The fourth-order valence-corrected chi connectivity index (χ4v) is 2.47. The fraction of sp³-hybridized carbons (Fsp3) is 0.923. The summed E-state index contributed by atoms with van der Waals surface area (Å²) in [5, 5.41) is 6.39. The van der Waals surface area contributed by atoms with Crippen LogP contribution >= 0.6 is 0 Å². The Labute approximate surface area is 109 Å². The number of nitrogens with one attached hydrogen (secondary N) is 2. The van der Waals surface area contributed by atoms with Crippen LogP contribution in [0.2, 0.25) is 0 Å². The van der Waals surface area contributed by atoms with E-state index in [1.807, 2.05) is 0 Å². The molecule has 2 fully saturated rings. The van der Waals surface area contributed by atoms with Crippen molar-refractivity contribution < 1.29 is 14.3 Å². The molecule has 0 aromatic heterocycles. The molecule has 0 aromatic carbocycles. The molecule has 5 heteroatoms. The second kappa shape index (κ2) is 7.71. The minimum atomic E-state index is -0.00212. The molecule has 2 heterocycles. The smallest absolute Gasteiger partial charge is 0.246 e. The van der Waals surface area contributed by atoms with E-state index in [0.29, 0.717) is 12.6 Å². The van der Waals surface area contributed by atoms with Crippen LogP contribution in [0, 0.1) is 0 Å². The van der Waals surface area contributed by atoms with E-state index in [4.69, 9.17) is 9.47 Å². The Morgan fingerprint density at radius 2 is 2.11 bits per heavy atom. The van der Waals surface area contributed by atoms with Gasteiger partial charge in [0.05, 0.1) is 6.61 Å². The van der Waals surface area contributed by atoms with Gasteiger partial charge in [-0.3, -0.25) is 4.79 Å². The molecule has 2 rings (SSSR count). The maximum absolute atomic E-state index is 11.7. The van der Waals surface area contributed by atoms with Crippen LogP contribution in [0.1, 0.15) is 32.1 Å². The second-order valence-corrected chi connectivity index (χ2v) is 5.12. The van der Waals surface area contributed by atoms with Crippen LogP contribution in [0.5, 0.6) is 0 Å². The molecule has 104 valence electrons. The normalized spacial score (nSPS) is 25.9. The van der Waals surface area contributed by atoms with Gasteiger partial charge in [0.25, 0.3) is 0 Å². The second-order valence-electron chi connectivity index (χ2n) is 5.12. The zero-order valence-electron chi connectivity index (χ0n) is 11.0. The average Bonchev–Trinajstić information content (AvgIpc) is 2.41. The summed E-state index contributed by atoms with van der Waals surface area (Å²) in [5.41, 5.74) is 0. The van der Waals surface area contributed by atoms with Crippen molar-refractivity contribution in [2.45, 2.75) is 44.2 Å². The van der Waals surface area contributed by atoms with Crippen LogP contribution in [0.3, 0.4) is 0 Å². The van der Waals surface area contributed by atoms with Crippen LogP contribution in [0.25, 0.3) is 0 Å². The highest BCUT2D eigenvalue weighted by Gasteiger charge is 2.17. The molecular weight excluding hydrogens is 232 g/mol. The van der Waals surface area contributed by atoms with E-state index in [-0.39, 0.29) is 18.6 Å². The third-order valence-electron chi connectivity index (χ3n) is 3.55. The molecule has 0 aliphatic carbocycles. The summed E-state index contributed by atoms with van der Waals surface area (Å²) < 4.78 is 10.7. The summed E-state index contributed by atoms with van der Waals surface area (Å²) in [6.45, 7) is 3.38. The summed E-state index contributed by atoms with van der Waals surface area (Å²) >= 11 is 0. The lowest BCUT2D eigenvalue weighted by Crippen LogP contribution is -2.42. The zero-order valence-corrected chi connectivity index (χ0v) is 11.0. The Morgan fingerprint density at radius 1 is 1.28 bits per heavy atom. The molecule has 0 radical (unpaired) electrons. The van der Waals surface area contributed by atoms with Gasteiger partial charge in [0.1, 0.15) is 6.61 Å². The first-order valence-corrected chi connectivity index (χ1v) is 7.03. The molecule has 1 amide bonds. The largest absolute Gasteiger partial charge is 0.381 e. The Kier molecular flexibility index (Phi) is 5.90. The Hall–Kier alpha value is -0.650. The number of amides is 1. The molecule has 18 heavy (non-hydrogen) atoms. The Balaban J connectivity index is 1.53. The van der Waals surface area contributed by atoms with E-state index in [1.54, 1.807) is 0 Å². The van der Waals surface area contributed by atoms with Crippen LogP contribution in [0.15, 0.2) is 0 Å². The van der Waals surface area contributed by atoms with Crippen LogP contribution < -0.4 is 10.6 Å². The van der Waals surface area contributed by atoms with Crippen LogP contribution in [0.4, 0.5) is 0 Å². The van der Waals surface area contributed by atoms with Gasteiger partial charge < -0.3 is 20.1 Å². The number of piperidine rings is 1. The number of rotatable bonds is 5. The van der Waals surface area contributed by atoms with Crippen LogP contribution in [-0.2, 0) is 14.3 Å². The summed E-state index contributed by atoms with van der Waals surface area (Å²) in [4.78, 5) is 11.7. The van der Waals surface area contributed by atoms with E-state index in [9.17, 15) is 4.79 Å². The molecule has 2 aliphatic rings. The molecule has 0 saturated carbocycles. The molecular formula is C13H24N2O3. The lowest BCUT2D eigenvalue weighted by Gasteiger charge is -2.24. The van der Waals surface area contributed by atoms with Crippen molar-refractivity contribution in [1.82, 2.24) is 10.6 Å². The molecule has 2 saturated heterocycles. The third-order valence-corrected chi connectivity index (χ3v) is 3.55. The molecule has 2 aliphatic heterocycles. The maximum Gasteiger partial charge on any atom is 0.246 e. The first kappa shape index (κ1) is 13.8. The summed E-state index contributed by atoms with van der Waals surface area (Å²) in [7, 11) is 0. The lowest BCUT2D eigenvalue weighted by atomic mass is 10.1. The van der Waals surface area contributed by atoms with Crippen molar-refractivity contribution in [3.8, 4) is 0 Å². The topological polar surface area (TPSA) is 59.6 Å². The maximum atomic E-state index is 11.7. The quantitative estimate of drug-likeness (QED) is 0.749. The molecule has 1 atom stereocenters. The average molecular weight is 256 g/mol. The molecule has 0 spiro atoms. The highest BCUT2D eigenvalue weighted by molar-refractivity contribution is 5.77. The fourth-order valence-electron chi connectivity index (χ4n) is 2.47. The third kappa shape index (κ3) is 4.92. The van der Waals surface area contributed by atoms with Gasteiger partial charge in [-0.25, -0.2) is 0 Å². The van der Waals surface area contributed by atoms with Crippen molar-refractivity contribution in [3.05, 3.63) is 0 Å². The van der Waals surface area contributed by atoms with Crippen LogP contribution in [-0.4, -0.2) is 51.0 Å². The summed E-state index contributed by atoms with van der Waals surface area (Å²) in [6.07, 6.45) is 5.49. The molecule has 5 nitrogen and oxygen atoms in total. The summed E-state index contributed by atoms with van der Waals surface area (Å²) in [6, 6.07) is 0.692. The minimum Gasteiger partial charge on any atom is -0.381 e. The Morgan fingerprint density at radius 3 is 2.83 bits per heavy atom. The monoisotopic (exact) mass is 256 g/mol. The zero-order chi connectivity index (χ0) is 12.6. The number of ether oxygens (including phenoxy) is 2. The minimum absolute atomic E-state index is 0.00212. The lowest BCUT2D eigenvalue weighted by molar-refractivity contribution is -0.127. The molecule has 1 unspecified atom stereocenters. The van der Waals surface area contributed by atoms with Crippen molar-refractivity contribution >= 4 is 5.91 Å². The van der Waals surface area contributed by atoms with E-state index >= 15 is 0 Å². The van der Waals surface area contributed by atoms with Gasteiger partial charge in [-0.05, 0) is 32.2 Å². The van der Waals surface area contributed by atoms with E-state index in [1.165, 1.54) is 12.8 Å². The van der Waals surface area contributed by atoms with Crippen molar-refractivity contribution in [1.29, 1.82) is 0 Å². The number of carbonyl (C=O) groups excluding carboxylic acids is 1. The Bertz CT molecular complexity index is 249. The first-order chi connectivity index (χ1) is 8.84. The highest BCUT2D eigenvalue weighted by atomic mass is 16.5. The molecule has 0 bridgehead atoms. The number of hydrogen-bond donors (Lipinski definition) is 2.